The standard InChI is InChI=1S/C22H30ClN3O2/c1-3-27-13-14-28-17-20-6-4-5-19(15-20)16-26-22(24-2)25-12-11-18-7-9-21(23)10-8-18/h4-10,15H,3,11-14,16-17H2,1-2H3,(H2,24,25,26). The number of aliphatic imine (C=N–C) groups is 1. The Bertz CT molecular complexity index is 720. The monoisotopic (exact) mass is 403 g/mol. The fourth-order valence-corrected chi connectivity index (χ4v) is 2.79. The SMILES string of the molecule is CCOCCOCc1cccc(CNC(=NC)NCCc2ccc(Cl)cc2)c1. The first-order valence-corrected chi connectivity index (χ1v) is 10.0. The minimum atomic E-state index is 0.592. The summed E-state index contributed by atoms with van der Waals surface area (Å²) in [4.78, 5) is 4.28. The van der Waals surface area contributed by atoms with E-state index in [4.69, 9.17) is 21.1 Å². The largest absolute Gasteiger partial charge is 0.379 e. The van der Waals surface area contributed by atoms with Gasteiger partial charge < -0.3 is 20.1 Å². The van der Waals surface area contributed by atoms with Crippen molar-refractivity contribution in [3.63, 3.8) is 0 Å². The Morgan fingerprint density at radius 2 is 1.71 bits per heavy atom. The molecule has 0 heterocycles. The average Bonchev–Trinajstić information content (AvgIpc) is 2.72. The molecule has 2 rings (SSSR count). The lowest BCUT2D eigenvalue weighted by molar-refractivity contribution is 0.0453. The molecule has 0 bridgehead atoms. The van der Waals surface area contributed by atoms with E-state index in [1.54, 1.807) is 7.05 Å². The zero-order valence-electron chi connectivity index (χ0n) is 16.7. The van der Waals surface area contributed by atoms with Gasteiger partial charge in [-0.25, -0.2) is 0 Å². The van der Waals surface area contributed by atoms with Gasteiger partial charge in [-0.15, -0.1) is 0 Å². The Balaban J connectivity index is 1.71. The number of hydrogen-bond acceptors (Lipinski definition) is 3. The topological polar surface area (TPSA) is 54.9 Å². The average molecular weight is 404 g/mol. The number of nitrogens with one attached hydrogen (secondary N) is 2. The molecule has 28 heavy (non-hydrogen) atoms. The molecule has 0 aliphatic heterocycles. The van der Waals surface area contributed by atoms with Gasteiger partial charge in [-0.3, -0.25) is 4.99 Å². The van der Waals surface area contributed by atoms with Crippen LogP contribution in [0.2, 0.25) is 5.02 Å². The summed E-state index contributed by atoms with van der Waals surface area (Å²) in [7, 11) is 1.78. The summed E-state index contributed by atoms with van der Waals surface area (Å²) in [5, 5.41) is 7.45. The third-order valence-corrected chi connectivity index (χ3v) is 4.39. The van der Waals surface area contributed by atoms with Crippen molar-refractivity contribution in [3.05, 3.63) is 70.2 Å². The fourth-order valence-electron chi connectivity index (χ4n) is 2.66. The molecule has 0 saturated carbocycles. The third kappa shape index (κ3) is 8.74. The van der Waals surface area contributed by atoms with Crippen LogP contribution in [0.25, 0.3) is 0 Å². The number of hydrogen-bond donors (Lipinski definition) is 2. The predicted octanol–water partition coefficient (Wildman–Crippen LogP) is 3.80. The van der Waals surface area contributed by atoms with Crippen LogP contribution in [0, 0.1) is 0 Å². The Hall–Kier alpha value is -2.08. The van der Waals surface area contributed by atoms with Crippen LogP contribution >= 0.6 is 11.6 Å². The Kier molecular flexibility index (Phi) is 10.4. The van der Waals surface area contributed by atoms with Gasteiger partial charge in [0.25, 0.3) is 0 Å². The van der Waals surface area contributed by atoms with Crippen LogP contribution in [-0.4, -0.2) is 39.4 Å². The number of halogens is 1. The highest BCUT2D eigenvalue weighted by Gasteiger charge is 2.01. The minimum absolute atomic E-state index is 0.592. The lowest BCUT2D eigenvalue weighted by atomic mass is 10.1. The molecule has 152 valence electrons. The van der Waals surface area contributed by atoms with E-state index in [0.717, 1.165) is 36.1 Å². The first-order chi connectivity index (χ1) is 13.7. The summed E-state index contributed by atoms with van der Waals surface area (Å²) in [5.41, 5.74) is 3.58. The van der Waals surface area contributed by atoms with Gasteiger partial charge in [0.1, 0.15) is 0 Å². The van der Waals surface area contributed by atoms with E-state index in [9.17, 15) is 0 Å². The fraction of sp³-hybridized carbons (Fsp3) is 0.409. The van der Waals surface area contributed by atoms with Gasteiger partial charge in [0, 0.05) is 31.8 Å². The van der Waals surface area contributed by atoms with Crippen molar-refractivity contribution in [2.24, 2.45) is 4.99 Å². The third-order valence-electron chi connectivity index (χ3n) is 4.14. The van der Waals surface area contributed by atoms with Crippen LogP contribution in [0.1, 0.15) is 23.6 Å². The predicted molar refractivity (Wildman–Crippen MR) is 116 cm³/mol. The van der Waals surface area contributed by atoms with Gasteiger partial charge in [-0.05, 0) is 42.2 Å². The Morgan fingerprint density at radius 1 is 0.964 bits per heavy atom. The molecule has 0 amide bonds. The zero-order chi connectivity index (χ0) is 20.0. The second-order valence-corrected chi connectivity index (χ2v) is 6.73. The molecule has 2 aromatic rings. The van der Waals surface area contributed by atoms with E-state index < -0.39 is 0 Å². The minimum Gasteiger partial charge on any atom is -0.379 e. The highest BCUT2D eigenvalue weighted by Crippen LogP contribution is 2.09. The summed E-state index contributed by atoms with van der Waals surface area (Å²) in [6.07, 6.45) is 0.909. The number of ether oxygens (including phenoxy) is 2. The second-order valence-electron chi connectivity index (χ2n) is 6.30. The van der Waals surface area contributed by atoms with E-state index in [1.165, 1.54) is 11.1 Å². The van der Waals surface area contributed by atoms with E-state index in [1.807, 2.05) is 31.2 Å². The van der Waals surface area contributed by atoms with Crippen LogP contribution in [0.4, 0.5) is 0 Å². The highest BCUT2D eigenvalue weighted by atomic mass is 35.5. The van der Waals surface area contributed by atoms with Gasteiger partial charge >= 0.3 is 0 Å². The van der Waals surface area contributed by atoms with Crippen LogP contribution in [0.5, 0.6) is 0 Å². The van der Waals surface area contributed by atoms with Crippen molar-refractivity contribution in [1.82, 2.24) is 10.6 Å². The lowest BCUT2D eigenvalue weighted by Gasteiger charge is -2.13. The molecule has 0 radical (unpaired) electrons. The maximum atomic E-state index is 5.92. The molecule has 0 aromatic heterocycles. The lowest BCUT2D eigenvalue weighted by Crippen LogP contribution is -2.37. The Labute approximate surface area is 173 Å². The smallest absolute Gasteiger partial charge is 0.191 e. The van der Waals surface area contributed by atoms with Crippen molar-refractivity contribution in [2.75, 3.05) is 33.4 Å². The molecule has 2 aromatic carbocycles. The van der Waals surface area contributed by atoms with E-state index in [0.29, 0.717) is 26.4 Å². The molecule has 5 nitrogen and oxygen atoms in total. The molecule has 0 aliphatic rings. The van der Waals surface area contributed by atoms with Gasteiger partial charge in [0.05, 0.1) is 19.8 Å². The van der Waals surface area contributed by atoms with E-state index in [2.05, 4.69) is 39.9 Å². The van der Waals surface area contributed by atoms with Crippen molar-refractivity contribution >= 4 is 17.6 Å². The molecule has 0 unspecified atom stereocenters. The first kappa shape index (κ1) is 22.2. The highest BCUT2D eigenvalue weighted by molar-refractivity contribution is 6.30. The molecule has 0 saturated heterocycles. The first-order valence-electron chi connectivity index (χ1n) is 9.63. The quantitative estimate of drug-likeness (QED) is 0.340. The van der Waals surface area contributed by atoms with Gasteiger partial charge in [-0.1, -0.05) is 48.0 Å². The second kappa shape index (κ2) is 13.2. The molecule has 6 heteroatoms. The van der Waals surface area contributed by atoms with Crippen molar-refractivity contribution in [2.45, 2.75) is 26.5 Å². The number of nitrogens with zero attached hydrogens (tertiary/aromatic N) is 1. The molecular formula is C22H30ClN3O2. The summed E-state index contributed by atoms with van der Waals surface area (Å²) < 4.78 is 10.9. The molecule has 0 fully saturated rings. The molecule has 0 spiro atoms. The molecule has 2 N–H and O–H groups in total. The number of guanidine groups is 1. The maximum absolute atomic E-state index is 5.92. The van der Waals surface area contributed by atoms with E-state index in [-0.39, 0.29) is 0 Å². The van der Waals surface area contributed by atoms with Gasteiger partial charge in [0.15, 0.2) is 5.96 Å². The van der Waals surface area contributed by atoms with Crippen LogP contribution in [0.3, 0.4) is 0 Å². The van der Waals surface area contributed by atoms with Gasteiger partial charge in [-0.2, -0.15) is 0 Å². The summed E-state index contributed by atoms with van der Waals surface area (Å²) in [6.45, 7) is 6.05. The maximum Gasteiger partial charge on any atom is 0.191 e. The number of benzene rings is 2. The number of rotatable bonds is 11. The van der Waals surface area contributed by atoms with Crippen LogP contribution in [-0.2, 0) is 29.0 Å². The summed E-state index contributed by atoms with van der Waals surface area (Å²) in [6, 6.07) is 16.3. The normalized spacial score (nSPS) is 11.5. The zero-order valence-corrected chi connectivity index (χ0v) is 17.5. The van der Waals surface area contributed by atoms with E-state index >= 15 is 0 Å². The summed E-state index contributed by atoms with van der Waals surface area (Å²) >= 11 is 5.92. The molecule has 0 aliphatic carbocycles. The van der Waals surface area contributed by atoms with Crippen molar-refractivity contribution in [3.8, 4) is 0 Å². The van der Waals surface area contributed by atoms with Gasteiger partial charge in [0.2, 0.25) is 0 Å². The molecular weight excluding hydrogens is 374 g/mol. The van der Waals surface area contributed by atoms with Crippen LogP contribution in [0.15, 0.2) is 53.5 Å². The van der Waals surface area contributed by atoms with Crippen LogP contribution < -0.4 is 10.6 Å². The molecule has 0 atom stereocenters. The summed E-state index contributed by atoms with van der Waals surface area (Å²) in [5.74, 6) is 0.785. The van der Waals surface area contributed by atoms with Crippen molar-refractivity contribution < 1.29 is 9.47 Å². The Morgan fingerprint density at radius 3 is 2.46 bits per heavy atom. The van der Waals surface area contributed by atoms with Crippen molar-refractivity contribution in [1.29, 1.82) is 0 Å².